The summed E-state index contributed by atoms with van der Waals surface area (Å²) in [5, 5.41) is 3.60. The van der Waals surface area contributed by atoms with Crippen molar-refractivity contribution in [3.8, 4) is 11.5 Å². The summed E-state index contributed by atoms with van der Waals surface area (Å²) in [4.78, 5) is 12.4. The van der Waals surface area contributed by atoms with E-state index >= 15 is 0 Å². The van der Waals surface area contributed by atoms with Gasteiger partial charge < -0.3 is 14.8 Å². The molecular formula is C18H19BrClNO3. The van der Waals surface area contributed by atoms with Crippen LogP contribution in [0.1, 0.15) is 24.1 Å². The summed E-state index contributed by atoms with van der Waals surface area (Å²) >= 11 is 9.64. The fourth-order valence-electron chi connectivity index (χ4n) is 2.40. The number of benzene rings is 2. The number of carbonyl (C=O) groups is 1. The van der Waals surface area contributed by atoms with Crippen molar-refractivity contribution in [2.45, 2.75) is 19.4 Å². The van der Waals surface area contributed by atoms with Gasteiger partial charge in [0.2, 0.25) is 5.91 Å². The first-order valence-corrected chi connectivity index (χ1v) is 8.57. The van der Waals surface area contributed by atoms with Gasteiger partial charge in [0.1, 0.15) is 0 Å². The summed E-state index contributed by atoms with van der Waals surface area (Å²) < 4.78 is 11.3. The molecular weight excluding hydrogens is 394 g/mol. The van der Waals surface area contributed by atoms with Crippen LogP contribution >= 0.6 is 27.5 Å². The van der Waals surface area contributed by atoms with Gasteiger partial charge in [-0.15, -0.1) is 0 Å². The minimum absolute atomic E-state index is 0.102. The molecule has 0 spiro atoms. The van der Waals surface area contributed by atoms with Crippen molar-refractivity contribution in [1.82, 2.24) is 5.32 Å². The zero-order valence-electron chi connectivity index (χ0n) is 13.7. The molecule has 4 nitrogen and oxygen atoms in total. The van der Waals surface area contributed by atoms with E-state index < -0.39 is 0 Å². The minimum atomic E-state index is -0.176. The third-order valence-electron chi connectivity index (χ3n) is 3.65. The quantitative estimate of drug-likeness (QED) is 0.758. The monoisotopic (exact) mass is 411 g/mol. The molecule has 0 aliphatic rings. The van der Waals surface area contributed by atoms with Crippen LogP contribution in [-0.2, 0) is 11.2 Å². The van der Waals surface area contributed by atoms with Crippen LogP contribution in [0.5, 0.6) is 11.5 Å². The number of amides is 1. The topological polar surface area (TPSA) is 47.6 Å². The predicted molar refractivity (Wildman–Crippen MR) is 99.0 cm³/mol. The van der Waals surface area contributed by atoms with Crippen LogP contribution in [0.15, 0.2) is 40.9 Å². The summed E-state index contributed by atoms with van der Waals surface area (Å²) in [5.74, 6) is 1.09. The van der Waals surface area contributed by atoms with Crippen molar-refractivity contribution in [2.75, 3.05) is 14.2 Å². The van der Waals surface area contributed by atoms with E-state index in [-0.39, 0.29) is 18.4 Å². The van der Waals surface area contributed by atoms with E-state index in [0.717, 1.165) is 15.6 Å². The van der Waals surface area contributed by atoms with Gasteiger partial charge >= 0.3 is 0 Å². The molecule has 1 atom stereocenters. The molecule has 2 rings (SSSR count). The van der Waals surface area contributed by atoms with Gasteiger partial charge in [-0.05, 0) is 36.2 Å². The Morgan fingerprint density at radius 1 is 1.21 bits per heavy atom. The molecule has 1 unspecified atom stereocenters. The Morgan fingerprint density at radius 3 is 2.46 bits per heavy atom. The molecule has 0 saturated heterocycles. The molecule has 24 heavy (non-hydrogen) atoms. The van der Waals surface area contributed by atoms with Crippen molar-refractivity contribution < 1.29 is 14.3 Å². The lowest BCUT2D eigenvalue weighted by atomic mass is 10.1. The van der Waals surface area contributed by atoms with Gasteiger partial charge in [-0.25, -0.2) is 0 Å². The number of halogens is 2. The number of carbonyl (C=O) groups excluding carboxylic acids is 1. The van der Waals surface area contributed by atoms with Gasteiger partial charge in [0, 0.05) is 9.50 Å². The summed E-state index contributed by atoms with van der Waals surface area (Å²) in [6, 6.07) is 10.9. The highest BCUT2D eigenvalue weighted by Gasteiger charge is 2.16. The second-order valence-electron chi connectivity index (χ2n) is 5.29. The maximum absolute atomic E-state index is 12.4. The fourth-order valence-corrected chi connectivity index (χ4v) is 3.16. The van der Waals surface area contributed by atoms with Gasteiger partial charge in [-0.1, -0.05) is 45.7 Å². The lowest BCUT2D eigenvalue weighted by molar-refractivity contribution is -0.121. The Morgan fingerprint density at radius 2 is 1.83 bits per heavy atom. The van der Waals surface area contributed by atoms with Crippen molar-refractivity contribution in [2.24, 2.45) is 0 Å². The maximum atomic E-state index is 12.4. The average Bonchev–Trinajstić information content (AvgIpc) is 2.56. The molecule has 2 aromatic carbocycles. The fraction of sp³-hybridized carbons (Fsp3) is 0.278. The molecule has 1 amide bonds. The molecule has 0 aliphatic carbocycles. The van der Waals surface area contributed by atoms with Crippen LogP contribution in [0.3, 0.4) is 0 Å². The number of methoxy groups -OCH3 is 2. The zero-order chi connectivity index (χ0) is 17.7. The first kappa shape index (κ1) is 18.6. The molecule has 0 saturated carbocycles. The maximum Gasteiger partial charge on any atom is 0.224 e. The van der Waals surface area contributed by atoms with Crippen LogP contribution in [-0.4, -0.2) is 20.1 Å². The van der Waals surface area contributed by atoms with Gasteiger partial charge in [-0.2, -0.15) is 0 Å². The third kappa shape index (κ3) is 4.42. The first-order valence-electron chi connectivity index (χ1n) is 7.40. The normalized spacial score (nSPS) is 11.7. The Labute approximate surface area is 155 Å². The van der Waals surface area contributed by atoms with Crippen LogP contribution < -0.4 is 14.8 Å². The van der Waals surface area contributed by atoms with Gasteiger partial charge in [0.05, 0.1) is 26.7 Å². The molecule has 1 N–H and O–H groups in total. The zero-order valence-corrected chi connectivity index (χ0v) is 16.1. The lowest BCUT2D eigenvalue weighted by Gasteiger charge is -2.17. The average molecular weight is 413 g/mol. The standard InChI is InChI=1S/C18H19BrClNO3/c1-11(13-6-4-5-7-15(13)20)21-18(22)9-12-8-16(23-2)17(24-3)10-14(12)19/h4-8,10-11H,9H2,1-3H3,(H,21,22). The van der Waals surface area contributed by atoms with E-state index in [2.05, 4.69) is 21.2 Å². The molecule has 0 bridgehead atoms. The second-order valence-corrected chi connectivity index (χ2v) is 6.55. The Hall–Kier alpha value is -1.72. The summed E-state index contributed by atoms with van der Waals surface area (Å²) in [7, 11) is 3.14. The Kier molecular flexibility index (Phi) is 6.52. The highest BCUT2D eigenvalue weighted by atomic mass is 79.9. The molecule has 0 aliphatic heterocycles. The minimum Gasteiger partial charge on any atom is -0.493 e. The van der Waals surface area contributed by atoms with Crippen LogP contribution in [0, 0.1) is 0 Å². The predicted octanol–water partition coefficient (Wildman–Crippen LogP) is 4.54. The number of hydrogen-bond donors (Lipinski definition) is 1. The third-order valence-corrected chi connectivity index (χ3v) is 4.74. The Balaban J connectivity index is 2.11. The van der Waals surface area contributed by atoms with Crippen LogP contribution in [0.4, 0.5) is 0 Å². The summed E-state index contributed by atoms with van der Waals surface area (Å²) in [6.45, 7) is 1.91. The molecule has 0 fully saturated rings. The molecule has 0 radical (unpaired) electrons. The van der Waals surface area contributed by atoms with E-state index in [1.165, 1.54) is 0 Å². The number of hydrogen-bond acceptors (Lipinski definition) is 3. The summed E-state index contributed by atoms with van der Waals surface area (Å²) in [5.41, 5.74) is 1.70. The van der Waals surface area contributed by atoms with E-state index in [9.17, 15) is 4.79 Å². The number of ether oxygens (including phenoxy) is 2. The van der Waals surface area contributed by atoms with Gasteiger partial charge in [-0.3, -0.25) is 4.79 Å². The largest absolute Gasteiger partial charge is 0.493 e. The highest BCUT2D eigenvalue weighted by molar-refractivity contribution is 9.10. The van der Waals surface area contributed by atoms with Crippen LogP contribution in [0.2, 0.25) is 5.02 Å². The number of rotatable bonds is 6. The van der Waals surface area contributed by atoms with E-state index in [1.54, 1.807) is 26.4 Å². The van der Waals surface area contributed by atoms with E-state index in [1.807, 2.05) is 31.2 Å². The van der Waals surface area contributed by atoms with E-state index in [0.29, 0.717) is 16.5 Å². The van der Waals surface area contributed by atoms with Crippen molar-refractivity contribution in [1.29, 1.82) is 0 Å². The van der Waals surface area contributed by atoms with Crippen molar-refractivity contribution in [3.63, 3.8) is 0 Å². The van der Waals surface area contributed by atoms with Gasteiger partial charge in [0.25, 0.3) is 0 Å². The number of nitrogens with one attached hydrogen (secondary N) is 1. The van der Waals surface area contributed by atoms with Crippen LogP contribution in [0.25, 0.3) is 0 Å². The molecule has 0 aromatic heterocycles. The van der Waals surface area contributed by atoms with Crippen molar-refractivity contribution in [3.05, 3.63) is 57.0 Å². The van der Waals surface area contributed by atoms with Gasteiger partial charge in [0.15, 0.2) is 11.5 Å². The lowest BCUT2D eigenvalue weighted by Crippen LogP contribution is -2.28. The molecule has 0 heterocycles. The molecule has 2 aromatic rings. The summed E-state index contributed by atoms with van der Waals surface area (Å²) in [6.07, 6.45) is 0.218. The molecule has 128 valence electrons. The highest BCUT2D eigenvalue weighted by Crippen LogP contribution is 2.33. The smallest absolute Gasteiger partial charge is 0.224 e. The molecule has 6 heteroatoms. The SMILES string of the molecule is COc1cc(Br)c(CC(=O)NC(C)c2ccccc2Cl)cc1OC. The Bertz CT molecular complexity index is 736. The first-order chi connectivity index (χ1) is 11.5. The second kappa shape index (κ2) is 8.40. The van der Waals surface area contributed by atoms with Crippen molar-refractivity contribution >= 4 is 33.4 Å². The van der Waals surface area contributed by atoms with E-state index in [4.69, 9.17) is 21.1 Å².